The third-order valence-electron chi connectivity index (χ3n) is 4.21. The monoisotopic (exact) mass is 293 g/mol. The highest BCUT2D eigenvalue weighted by molar-refractivity contribution is 7.15. The molecule has 1 heterocycles. The summed E-state index contributed by atoms with van der Waals surface area (Å²) in [6.45, 7) is 5.70. The normalized spacial score (nSPS) is 18.5. The van der Waals surface area contributed by atoms with Gasteiger partial charge in [-0.1, -0.05) is 13.3 Å². The first kappa shape index (κ1) is 14.3. The molecule has 0 radical (unpaired) electrons. The topological polar surface area (TPSA) is 28.2 Å². The molecule has 0 saturated heterocycles. The number of hydrogen-bond donors (Lipinski definition) is 1. The van der Waals surface area contributed by atoms with Gasteiger partial charge in [0.05, 0.1) is 5.69 Å². The van der Waals surface area contributed by atoms with E-state index in [2.05, 4.69) is 17.1 Å². The molecular weight excluding hydrogens is 266 g/mol. The molecule has 1 aromatic rings. The lowest BCUT2D eigenvalue weighted by molar-refractivity contribution is 0.675. The number of hydrogen-bond acceptors (Lipinski definition) is 4. The van der Waals surface area contributed by atoms with E-state index in [0.29, 0.717) is 0 Å². The molecule has 2 saturated carbocycles. The predicted octanol–water partition coefficient (Wildman–Crippen LogP) is 3.44. The molecule has 0 amide bonds. The van der Waals surface area contributed by atoms with Gasteiger partial charge < -0.3 is 10.2 Å². The molecule has 2 fully saturated rings. The second-order valence-electron chi connectivity index (χ2n) is 6.44. The molecule has 0 spiro atoms. The van der Waals surface area contributed by atoms with Gasteiger partial charge in [-0.05, 0) is 51.0 Å². The highest BCUT2D eigenvalue weighted by Crippen LogP contribution is 2.37. The molecule has 3 rings (SSSR count). The summed E-state index contributed by atoms with van der Waals surface area (Å²) in [5.41, 5.74) is 1.33. The minimum absolute atomic E-state index is 0.944. The summed E-state index contributed by atoms with van der Waals surface area (Å²) in [5.74, 6) is 1.89. The summed E-state index contributed by atoms with van der Waals surface area (Å²) >= 11 is 1.92. The van der Waals surface area contributed by atoms with Gasteiger partial charge in [0, 0.05) is 24.5 Å². The van der Waals surface area contributed by atoms with Gasteiger partial charge in [0.25, 0.3) is 0 Å². The van der Waals surface area contributed by atoms with E-state index in [4.69, 9.17) is 4.98 Å². The van der Waals surface area contributed by atoms with Crippen molar-refractivity contribution in [2.24, 2.45) is 11.8 Å². The van der Waals surface area contributed by atoms with Crippen LogP contribution in [0.1, 0.15) is 49.6 Å². The molecule has 0 unspecified atom stereocenters. The average Bonchev–Trinajstić information content (AvgIpc) is 3.34. The van der Waals surface area contributed by atoms with Crippen LogP contribution in [0.25, 0.3) is 0 Å². The van der Waals surface area contributed by atoms with Crippen LogP contribution in [0.3, 0.4) is 0 Å². The van der Waals surface area contributed by atoms with Crippen LogP contribution in [-0.2, 0) is 13.0 Å². The van der Waals surface area contributed by atoms with Gasteiger partial charge in [-0.3, -0.25) is 0 Å². The fraction of sp³-hybridized carbons (Fsp3) is 0.812. The van der Waals surface area contributed by atoms with E-state index in [1.165, 1.54) is 60.9 Å². The van der Waals surface area contributed by atoms with E-state index < -0.39 is 0 Å². The number of nitrogens with one attached hydrogen (secondary N) is 1. The molecule has 1 N–H and O–H groups in total. The lowest BCUT2D eigenvalue weighted by atomic mass is 10.2. The fourth-order valence-electron chi connectivity index (χ4n) is 2.69. The van der Waals surface area contributed by atoms with Gasteiger partial charge in [-0.2, -0.15) is 0 Å². The molecule has 4 heteroatoms. The second kappa shape index (κ2) is 6.44. The van der Waals surface area contributed by atoms with Crippen LogP contribution in [0.5, 0.6) is 0 Å². The molecule has 1 aromatic heterocycles. The van der Waals surface area contributed by atoms with Crippen molar-refractivity contribution in [3.63, 3.8) is 0 Å². The van der Waals surface area contributed by atoms with Gasteiger partial charge in [0.2, 0.25) is 0 Å². The van der Waals surface area contributed by atoms with Crippen LogP contribution >= 0.6 is 11.3 Å². The van der Waals surface area contributed by atoms with Gasteiger partial charge in [-0.15, -0.1) is 11.3 Å². The highest BCUT2D eigenvalue weighted by atomic mass is 32.1. The van der Waals surface area contributed by atoms with Crippen LogP contribution in [-0.4, -0.2) is 25.1 Å². The first-order chi connectivity index (χ1) is 9.80. The zero-order valence-corrected chi connectivity index (χ0v) is 13.6. The summed E-state index contributed by atoms with van der Waals surface area (Å²) in [5, 5.41) is 4.58. The largest absolute Gasteiger partial charge is 0.348 e. The van der Waals surface area contributed by atoms with E-state index in [1.807, 2.05) is 18.4 Å². The summed E-state index contributed by atoms with van der Waals surface area (Å²) in [6, 6.07) is 0. The molecule has 0 aromatic carbocycles. The fourth-order valence-corrected chi connectivity index (χ4v) is 3.83. The number of aryl methyl sites for hydroxylation is 1. The van der Waals surface area contributed by atoms with Crippen molar-refractivity contribution in [2.75, 3.05) is 25.0 Å². The minimum Gasteiger partial charge on any atom is -0.348 e. The molecule has 0 atom stereocenters. The van der Waals surface area contributed by atoms with Crippen LogP contribution in [0, 0.1) is 11.8 Å². The summed E-state index contributed by atoms with van der Waals surface area (Å²) in [7, 11) is 2.03. The Balaban J connectivity index is 1.74. The lowest BCUT2D eigenvalue weighted by Crippen LogP contribution is -2.27. The number of anilines is 1. The van der Waals surface area contributed by atoms with Gasteiger partial charge in [0.1, 0.15) is 0 Å². The van der Waals surface area contributed by atoms with Crippen molar-refractivity contribution in [3.05, 3.63) is 10.6 Å². The van der Waals surface area contributed by atoms with Crippen molar-refractivity contribution in [3.8, 4) is 0 Å². The van der Waals surface area contributed by atoms with Crippen LogP contribution < -0.4 is 10.2 Å². The van der Waals surface area contributed by atoms with E-state index in [0.717, 1.165) is 24.8 Å². The van der Waals surface area contributed by atoms with Gasteiger partial charge in [0.15, 0.2) is 5.13 Å². The van der Waals surface area contributed by atoms with Crippen molar-refractivity contribution >= 4 is 16.5 Å². The van der Waals surface area contributed by atoms with Gasteiger partial charge in [-0.25, -0.2) is 4.98 Å². The predicted molar refractivity (Wildman–Crippen MR) is 86.5 cm³/mol. The zero-order valence-electron chi connectivity index (χ0n) is 12.8. The highest BCUT2D eigenvalue weighted by Gasteiger charge is 2.30. The second-order valence-corrected chi connectivity index (χ2v) is 7.50. The standard InChI is InChI=1S/C16H27N3S/c1-3-4-14-15(9-17-2)20-16(18-14)19(10-12-5-6-12)11-13-7-8-13/h12-13,17H,3-11H2,1-2H3. The molecule has 2 aliphatic rings. The number of thiazole rings is 1. The Morgan fingerprint density at radius 1 is 1.20 bits per heavy atom. The Morgan fingerprint density at radius 3 is 2.35 bits per heavy atom. The van der Waals surface area contributed by atoms with Gasteiger partial charge >= 0.3 is 0 Å². The Labute approximate surface area is 126 Å². The molecule has 20 heavy (non-hydrogen) atoms. The van der Waals surface area contributed by atoms with E-state index in [9.17, 15) is 0 Å². The maximum Gasteiger partial charge on any atom is 0.185 e. The first-order valence-electron chi connectivity index (χ1n) is 8.18. The number of rotatable bonds is 9. The van der Waals surface area contributed by atoms with E-state index in [1.54, 1.807) is 0 Å². The number of nitrogens with zero attached hydrogens (tertiary/aromatic N) is 2. The first-order valence-corrected chi connectivity index (χ1v) is 9.00. The molecule has 0 bridgehead atoms. The Morgan fingerprint density at radius 2 is 1.85 bits per heavy atom. The van der Waals surface area contributed by atoms with Crippen LogP contribution in [0.4, 0.5) is 5.13 Å². The summed E-state index contributed by atoms with van der Waals surface area (Å²) in [4.78, 5) is 9.03. The maximum absolute atomic E-state index is 4.99. The molecular formula is C16H27N3S. The van der Waals surface area contributed by atoms with Crippen molar-refractivity contribution in [1.29, 1.82) is 0 Å². The van der Waals surface area contributed by atoms with Crippen LogP contribution in [0.15, 0.2) is 0 Å². The molecule has 2 aliphatic carbocycles. The van der Waals surface area contributed by atoms with E-state index in [-0.39, 0.29) is 0 Å². The average molecular weight is 293 g/mol. The minimum atomic E-state index is 0.944. The quantitative estimate of drug-likeness (QED) is 0.756. The molecule has 0 aliphatic heterocycles. The maximum atomic E-state index is 4.99. The Bertz CT molecular complexity index is 397. The Hall–Kier alpha value is -0.610. The third kappa shape index (κ3) is 3.73. The lowest BCUT2D eigenvalue weighted by Gasteiger charge is -2.21. The number of aromatic nitrogens is 1. The Kier molecular flexibility index (Phi) is 4.61. The van der Waals surface area contributed by atoms with Crippen molar-refractivity contribution in [1.82, 2.24) is 10.3 Å². The zero-order chi connectivity index (χ0) is 13.9. The van der Waals surface area contributed by atoms with Crippen molar-refractivity contribution < 1.29 is 0 Å². The summed E-state index contributed by atoms with van der Waals surface area (Å²) in [6.07, 6.45) is 8.02. The molecule has 112 valence electrons. The van der Waals surface area contributed by atoms with Crippen LogP contribution in [0.2, 0.25) is 0 Å². The van der Waals surface area contributed by atoms with Crippen molar-refractivity contribution in [2.45, 2.75) is 52.0 Å². The summed E-state index contributed by atoms with van der Waals surface area (Å²) < 4.78 is 0. The SMILES string of the molecule is CCCc1nc(N(CC2CC2)CC2CC2)sc1CNC. The molecule has 3 nitrogen and oxygen atoms in total. The third-order valence-corrected chi connectivity index (χ3v) is 5.37. The smallest absolute Gasteiger partial charge is 0.185 e. The van der Waals surface area contributed by atoms with E-state index >= 15 is 0 Å².